The second kappa shape index (κ2) is 8.45. The van der Waals surface area contributed by atoms with Crippen LogP contribution in [0.5, 0.6) is 0 Å². The van der Waals surface area contributed by atoms with Crippen LogP contribution < -0.4 is 10.3 Å². The van der Waals surface area contributed by atoms with Gasteiger partial charge in [-0.15, -0.1) is 11.3 Å². The number of thiazole rings is 1. The van der Waals surface area contributed by atoms with Gasteiger partial charge in [0.1, 0.15) is 11.6 Å². The lowest BCUT2D eigenvalue weighted by Crippen LogP contribution is -2.36. The van der Waals surface area contributed by atoms with Crippen molar-refractivity contribution < 1.29 is 13.5 Å². The Hall–Kier alpha value is -2.84. The van der Waals surface area contributed by atoms with Crippen LogP contribution in [0.25, 0.3) is 11.3 Å². The molecule has 4 rings (SSSR count). The Bertz CT molecular complexity index is 969. The number of hydrogen-bond donors (Lipinski definition) is 1. The van der Waals surface area contributed by atoms with Crippen molar-refractivity contribution in [2.45, 2.75) is 0 Å². The molecule has 1 N–H and O–H groups in total. The lowest BCUT2D eigenvalue weighted by molar-refractivity contribution is 0.122. The Morgan fingerprint density at radius 3 is 2.64 bits per heavy atom. The van der Waals surface area contributed by atoms with Gasteiger partial charge in [0.15, 0.2) is 0 Å². The smallest absolute Gasteiger partial charge is 0.203 e. The molecule has 1 aliphatic rings. The second-order valence-corrected chi connectivity index (χ2v) is 7.08. The first-order valence-electron chi connectivity index (χ1n) is 8.82. The van der Waals surface area contributed by atoms with E-state index < -0.39 is 11.6 Å². The van der Waals surface area contributed by atoms with Crippen LogP contribution in [0, 0.1) is 11.6 Å². The SMILES string of the molecule is Fc1ccc(-c2csc(N/N=C/c3ccc(N4CCOCC4)cc3)n2)c(F)c1. The van der Waals surface area contributed by atoms with Crippen molar-refractivity contribution in [3.05, 3.63) is 65.0 Å². The summed E-state index contributed by atoms with van der Waals surface area (Å²) in [6.07, 6.45) is 1.70. The number of nitrogens with zero attached hydrogens (tertiary/aromatic N) is 3. The summed E-state index contributed by atoms with van der Waals surface area (Å²) in [7, 11) is 0. The molecular formula is C20H18F2N4OS. The Kier molecular flexibility index (Phi) is 5.59. The summed E-state index contributed by atoms with van der Waals surface area (Å²) in [6, 6.07) is 11.6. The first-order chi connectivity index (χ1) is 13.7. The van der Waals surface area contributed by atoms with Gasteiger partial charge >= 0.3 is 0 Å². The quantitative estimate of drug-likeness (QED) is 0.510. The van der Waals surface area contributed by atoms with Crippen LogP contribution in [0.2, 0.25) is 0 Å². The van der Waals surface area contributed by atoms with Crippen molar-refractivity contribution in [2.24, 2.45) is 5.10 Å². The Balaban J connectivity index is 1.38. The molecule has 1 aromatic heterocycles. The number of benzene rings is 2. The third-order valence-electron chi connectivity index (χ3n) is 4.35. The van der Waals surface area contributed by atoms with Crippen molar-refractivity contribution in [3.63, 3.8) is 0 Å². The molecule has 3 aromatic rings. The van der Waals surface area contributed by atoms with Gasteiger partial charge in [-0.3, -0.25) is 5.43 Å². The highest BCUT2D eigenvalue weighted by atomic mass is 32.1. The van der Waals surface area contributed by atoms with Gasteiger partial charge in [0.25, 0.3) is 0 Å². The Labute approximate surface area is 165 Å². The maximum Gasteiger partial charge on any atom is 0.203 e. The average Bonchev–Trinajstić information content (AvgIpc) is 3.18. The molecular weight excluding hydrogens is 382 g/mol. The average molecular weight is 400 g/mol. The minimum absolute atomic E-state index is 0.258. The maximum atomic E-state index is 13.9. The van der Waals surface area contributed by atoms with Crippen LogP contribution >= 0.6 is 11.3 Å². The first kappa shape index (κ1) is 18.5. The van der Waals surface area contributed by atoms with Gasteiger partial charge < -0.3 is 9.64 Å². The van der Waals surface area contributed by atoms with E-state index in [0.717, 1.165) is 37.9 Å². The monoisotopic (exact) mass is 400 g/mol. The zero-order valence-electron chi connectivity index (χ0n) is 14.9. The van der Waals surface area contributed by atoms with E-state index >= 15 is 0 Å². The van der Waals surface area contributed by atoms with Gasteiger partial charge in [0, 0.05) is 35.8 Å². The van der Waals surface area contributed by atoms with Crippen molar-refractivity contribution in [1.82, 2.24) is 4.98 Å². The number of morpholine rings is 1. The summed E-state index contributed by atoms with van der Waals surface area (Å²) in [4.78, 5) is 6.58. The molecule has 0 amide bonds. The highest BCUT2D eigenvalue weighted by Gasteiger charge is 2.11. The van der Waals surface area contributed by atoms with Gasteiger partial charge in [-0.1, -0.05) is 12.1 Å². The summed E-state index contributed by atoms with van der Waals surface area (Å²) in [5, 5.41) is 6.41. The number of rotatable bonds is 5. The summed E-state index contributed by atoms with van der Waals surface area (Å²) in [6.45, 7) is 3.31. The number of anilines is 2. The van der Waals surface area contributed by atoms with E-state index in [1.807, 2.05) is 12.1 Å². The number of hydrazone groups is 1. The van der Waals surface area contributed by atoms with Crippen molar-refractivity contribution in [1.29, 1.82) is 0 Å². The first-order valence-corrected chi connectivity index (χ1v) is 9.70. The van der Waals surface area contributed by atoms with E-state index in [1.165, 1.54) is 29.2 Å². The fourth-order valence-corrected chi connectivity index (χ4v) is 3.56. The third-order valence-corrected chi connectivity index (χ3v) is 5.10. The molecule has 144 valence electrons. The molecule has 0 radical (unpaired) electrons. The molecule has 0 bridgehead atoms. The molecule has 0 atom stereocenters. The Morgan fingerprint density at radius 2 is 1.89 bits per heavy atom. The highest BCUT2D eigenvalue weighted by molar-refractivity contribution is 7.14. The van der Waals surface area contributed by atoms with E-state index in [1.54, 1.807) is 11.6 Å². The summed E-state index contributed by atoms with van der Waals surface area (Å²) < 4.78 is 32.2. The molecule has 1 aliphatic heterocycles. The lowest BCUT2D eigenvalue weighted by Gasteiger charge is -2.28. The molecule has 8 heteroatoms. The van der Waals surface area contributed by atoms with E-state index in [9.17, 15) is 8.78 Å². The fourth-order valence-electron chi connectivity index (χ4n) is 2.90. The fraction of sp³-hybridized carbons (Fsp3) is 0.200. The number of aromatic nitrogens is 1. The standard InChI is InChI=1S/C20H18F2N4OS/c21-15-3-6-17(18(22)11-15)19-13-28-20(24-19)25-23-12-14-1-4-16(5-2-14)26-7-9-27-10-8-26/h1-6,11-13H,7-10H2,(H,24,25)/b23-12+. The molecule has 0 saturated carbocycles. The van der Waals surface area contributed by atoms with E-state index in [-0.39, 0.29) is 5.56 Å². The molecule has 0 spiro atoms. The van der Waals surface area contributed by atoms with Gasteiger partial charge in [-0.25, -0.2) is 13.8 Å². The van der Waals surface area contributed by atoms with Crippen LogP contribution in [0.3, 0.4) is 0 Å². The van der Waals surface area contributed by atoms with Gasteiger partial charge in [0.2, 0.25) is 5.13 Å². The maximum absolute atomic E-state index is 13.9. The lowest BCUT2D eigenvalue weighted by atomic mass is 10.1. The Morgan fingerprint density at radius 1 is 1.11 bits per heavy atom. The van der Waals surface area contributed by atoms with Gasteiger partial charge in [-0.2, -0.15) is 5.10 Å². The van der Waals surface area contributed by atoms with E-state index in [0.29, 0.717) is 10.8 Å². The van der Waals surface area contributed by atoms with Crippen molar-refractivity contribution >= 4 is 28.4 Å². The third kappa shape index (κ3) is 4.35. The molecule has 0 aliphatic carbocycles. The second-order valence-electron chi connectivity index (χ2n) is 6.22. The molecule has 0 unspecified atom stereocenters. The number of hydrogen-bond acceptors (Lipinski definition) is 6. The van der Waals surface area contributed by atoms with Crippen LogP contribution in [-0.4, -0.2) is 37.5 Å². The molecule has 5 nitrogen and oxygen atoms in total. The minimum atomic E-state index is -0.638. The minimum Gasteiger partial charge on any atom is -0.378 e. The predicted octanol–water partition coefficient (Wildman–Crippen LogP) is 4.37. The predicted molar refractivity (Wildman–Crippen MR) is 108 cm³/mol. The zero-order valence-corrected chi connectivity index (χ0v) is 15.8. The number of nitrogens with one attached hydrogen (secondary N) is 1. The topological polar surface area (TPSA) is 49.8 Å². The van der Waals surface area contributed by atoms with Crippen LogP contribution in [0.1, 0.15) is 5.56 Å². The van der Waals surface area contributed by atoms with E-state index in [4.69, 9.17) is 4.74 Å². The zero-order chi connectivity index (χ0) is 19.3. The van der Waals surface area contributed by atoms with Gasteiger partial charge in [0.05, 0.1) is 25.1 Å². The van der Waals surface area contributed by atoms with Crippen molar-refractivity contribution in [2.75, 3.05) is 36.6 Å². The summed E-state index contributed by atoms with van der Waals surface area (Å²) >= 11 is 1.30. The largest absolute Gasteiger partial charge is 0.378 e. The van der Waals surface area contributed by atoms with Gasteiger partial charge in [-0.05, 0) is 29.8 Å². The van der Waals surface area contributed by atoms with Crippen LogP contribution in [0.4, 0.5) is 19.6 Å². The molecule has 2 heterocycles. The molecule has 1 fully saturated rings. The molecule has 2 aromatic carbocycles. The molecule has 28 heavy (non-hydrogen) atoms. The number of halogens is 2. The number of ether oxygens (including phenoxy) is 1. The molecule has 1 saturated heterocycles. The van der Waals surface area contributed by atoms with Crippen molar-refractivity contribution in [3.8, 4) is 11.3 Å². The van der Waals surface area contributed by atoms with E-state index in [2.05, 4.69) is 32.5 Å². The summed E-state index contributed by atoms with van der Waals surface area (Å²) in [5.41, 5.74) is 5.66. The summed E-state index contributed by atoms with van der Waals surface area (Å²) in [5.74, 6) is -1.25. The highest BCUT2D eigenvalue weighted by Crippen LogP contribution is 2.27. The normalized spacial score (nSPS) is 14.6. The van der Waals surface area contributed by atoms with Crippen LogP contribution in [0.15, 0.2) is 52.9 Å². The van der Waals surface area contributed by atoms with Crippen LogP contribution in [-0.2, 0) is 4.74 Å².